The molecule has 0 spiro atoms. The van der Waals surface area contributed by atoms with E-state index in [1.807, 2.05) is 0 Å². The molecule has 0 aromatic heterocycles. The van der Waals surface area contributed by atoms with Gasteiger partial charge in [-0.15, -0.1) is 0 Å². The monoisotopic (exact) mass is 360 g/mol. The largest absolute Gasteiger partial charge is 0.486 e. The average molecular weight is 360 g/mol. The third-order valence-electron chi connectivity index (χ3n) is 3.79. The summed E-state index contributed by atoms with van der Waals surface area (Å²) in [6.45, 7) is 3.18. The van der Waals surface area contributed by atoms with E-state index in [9.17, 15) is 9.90 Å². The summed E-state index contributed by atoms with van der Waals surface area (Å²) in [6.07, 6.45) is 10.5. The fourth-order valence-corrected chi connectivity index (χ4v) is 2.38. The summed E-state index contributed by atoms with van der Waals surface area (Å²) in [6, 6.07) is 0. The fourth-order valence-electron chi connectivity index (χ4n) is 2.38. The van der Waals surface area contributed by atoms with Crippen LogP contribution >= 0.6 is 0 Å². The Bertz CT molecular complexity index is 343. The van der Waals surface area contributed by atoms with E-state index in [1.54, 1.807) is 13.2 Å². The molecule has 0 amide bonds. The average Bonchev–Trinajstić information content (AvgIpc) is 2.58. The summed E-state index contributed by atoms with van der Waals surface area (Å²) in [5.41, 5.74) is 0. The molecular formula is C19H36O6. The topological polar surface area (TPSA) is 85.2 Å². The van der Waals surface area contributed by atoms with E-state index in [0.717, 1.165) is 12.8 Å². The van der Waals surface area contributed by atoms with Crippen molar-refractivity contribution in [3.05, 3.63) is 11.8 Å². The zero-order chi connectivity index (χ0) is 18.8. The predicted molar refractivity (Wildman–Crippen MR) is 97.6 cm³/mol. The van der Waals surface area contributed by atoms with Gasteiger partial charge in [-0.1, -0.05) is 51.9 Å². The van der Waals surface area contributed by atoms with Gasteiger partial charge >= 0.3 is 5.97 Å². The summed E-state index contributed by atoms with van der Waals surface area (Å²) in [5, 5.41) is 18.8. The number of carboxylic acids is 1. The van der Waals surface area contributed by atoms with Crippen LogP contribution < -0.4 is 0 Å². The summed E-state index contributed by atoms with van der Waals surface area (Å²) in [7, 11) is 1.60. The van der Waals surface area contributed by atoms with Gasteiger partial charge in [0.2, 0.25) is 0 Å². The maximum atomic E-state index is 10.7. The van der Waals surface area contributed by atoms with Gasteiger partial charge in [-0.2, -0.15) is 0 Å². The van der Waals surface area contributed by atoms with Crippen molar-refractivity contribution in [1.29, 1.82) is 0 Å². The van der Waals surface area contributed by atoms with Crippen molar-refractivity contribution in [1.82, 2.24) is 0 Å². The Kier molecular flexibility index (Phi) is 16.9. The SMILES string of the molecule is CCCCCCCCCC(O)/C=C(/CCOCCOC)OCC(=O)O. The Labute approximate surface area is 152 Å². The van der Waals surface area contributed by atoms with Gasteiger partial charge in [-0.3, -0.25) is 0 Å². The molecule has 2 N–H and O–H groups in total. The summed E-state index contributed by atoms with van der Waals surface area (Å²) in [4.78, 5) is 10.7. The molecule has 0 aromatic rings. The molecule has 0 aliphatic rings. The molecule has 0 aliphatic heterocycles. The minimum Gasteiger partial charge on any atom is -0.486 e. The van der Waals surface area contributed by atoms with E-state index >= 15 is 0 Å². The molecule has 6 heteroatoms. The fraction of sp³-hybridized carbons (Fsp3) is 0.842. The van der Waals surface area contributed by atoms with E-state index < -0.39 is 18.7 Å². The van der Waals surface area contributed by atoms with Gasteiger partial charge in [0.1, 0.15) is 0 Å². The highest BCUT2D eigenvalue weighted by molar-refractivity contribution is 5.68. The molecule has 0 saturated carbocycles. The summed E-state index contributed by atoms with van der Waals surface area (Å²) in [5.74, 6) is -0.567. The maximum Gasteiger partial charge on any atom is 0.341 e. The van der Waals surface area contributed by atoms with Gasteiger partial charge in [0.05, 0.1) is 31.7 Å². The first-order valence-corrected chi connectivity index (χ1v) is 9.40. The number of aliphatic hydroxyl groups is 1. The van der Waals surface area contributed by atoms with Crippen LogP contribution in [0.15, 0.2) is 11.8 Å². The van der Waals surface area contributed by atoms with Crippen molar-refractivity contribution < 1.29 is 29.2 Å². The van der Waals surface area contributed by atoms with Gasteiger partial charge in [-0.25, -0.2) is 4.79 Å². The molecule has 0 aromatic carbocycles. The van der Waals surface area contributed by atoms with Crippen molar-refractivity contribution in [3.63, 3.8) is 0 Å². The number of ether oxygens (including phenoxy) is 3. The lowest BCUT2D eigenvalue weighted by atomic mass is 10.1. The van der Waals surface area contributed by atoms with Gasteiger partial charge in [0.25, 0.3) is 0 Å². The second-order valence-electron chi connectivity index (χ2n) is 6.15. The second-order valence-corrected chi connectivity index (χ2v) is 6.15. The van der Waals surface area contributed by atoms with E-state index in [-0.39, 0.29) is 0 Å². The molecule has 0 fully saturated rings. The van der Waals surface area contributed by atoms with Crippen molar-refractivity contribution in [2.75, 3.05) is 33.5 Å². The van der Waals surface area contributed by atoms with Crippen LogP contribution in [0.2, 0.25) is 0 Å². The van der Waals surface area contributed by atoms with Gasteiger partial charge in [0, 0.05) is 13.5 Å². The van der Waals surface area contributed by atoms with E-state index in [4.69, 9.17) is 19.3 Å². The lowest BCUT2D eigenvalue weighted by Crippen LogP contribution is -2.12. The first-order chi connectivity index (χ1) is 12.1. The third-order valence-corrected chi connectivity index (χ3v) is 3.79. The Hall–Kier alpha value is -1.11. The van der Waals surface area contributed by atoms with Crippen LogP contribution in [0.3, 0.4) is 0 Å². The standard InChI is InChI=1S/C19H36O6/c1-3-4-5-6-7-8-9-10-17(20)15-18(25-16-19(21)22)11-12-24-14-13-23-2/h15,17,20H,3-14,16H2,1-2H3,(H,21,22)/b18-15-. The van der Waals surface area contributed by atoms with Crippen molar-refractivity contribution in [2.24, 2.45) is 0 Å². The van der Waals surface area contributed by atoms with Crippen molar-refractivity contribution in [3.8, 4) is 0 Å². The Morgan fingerprint density at radius 2 is 1.72 bits per heavy atom. The quantitative estimate of drug-likeness (QED) is 0.287. The number of carboxylic acid groups (broad SMARTS) is 1. The second kappa shape index (κ2) is 17.7. The van der Waals surface area contributed by atoms with Crippen LogP contribution in [0.5, 0.6) is 0 Å². The number of rotatable bonds is 18. The minimum absolute atomic E-state index is 0.402. The molecule has 0 heterocycles. The maximum absolute atomic E-state index is 10.7. The first-order valence-electron chi connectivity index (χ1n) is 9.40. The lowest BCUT2D eigenvalue weighted by Gasteiger charge is -2.12. The molecule has 1 atom stereocenters. The Morgan fingerprint density at radius 3 is 2.36 bits per heavy atom. The first kappa shape index (κ1) is 23.9. The van der Waals surface area contributed by atoms with E-state index in [0.29, 0.717) is 38.4 Å². The Balaban J connectivity index is 4.06. The number of aliphatic hydroxyl groups excluding tert-OH is 1. The summed E-state index contributed by atoms with van der Waals surface area (Å²) >= 11 is 0. The molecule has 25 heavy (non-hydrogen) atoms. The van der Waals surface area contributed by atoms with Gasteiger partial charge < -0.3 is 24.4 Å². The van der Waals surface area contributed by atoms with Crippen LogP contribution in [0.1, 0.15) is 64.7 Å². The lowest BCUT2D eigenvalue weighted by molar-refractivity contribution is -0.141. The van der Waals surface area contributed by atoms with Gasteiger partial charge in [0.15, 0.2) is 6.61 Å². The smallest absolute Gasteiger partial charge is 0.341 e. The third kappa shape index (κ3) is 17.5. The van der Waals surface area contributed by atoms with E-state index in [2.05, 4.69) is 6.92 Å². The van der Waals surface area contributed by atoms with Crippen LogP contribution in [0.4, 0.5) is 0 Å². The summed E-state index contributed by atoms with van der Waals surface area (Å²) < 4.78 is 15.5. The predicted octanol–water partition coefficient (Wildman–Crippen LogP) is 3.53. The number of unbranched alkanes of at least 4 members (excludes halogenated alkanes) is 6. The highest BCUT2D eigenvalue weighted by Gasteiger charge is 2.08. The van der Waals surface area contributed by atoms with Crippen LogP contribution in [0, 0.1) is 0 Å². The van der Waals surface area contributed by atoms with Crippen molar-refractivity contribution >= 4 is 5.97 Å². The number of methoxy groups -OCH3 is 1. The normalized spacial score (nSPS) is 13.0. The Morgan fingerprint density at radius 1 is 1.04 bits per heavy atom. The highest BCUT2D eigenvalue weighted by atomic mass is 16.5. The molecule has 0 bridgehead atoms. The zero-order valence-corrected chi connectivity index (χ0v) is 15.9. The van der Waals surface area contributed by atoms with Crippen LogP contribution in [-0.4, -0.2) is 55.8 Å². The van der Waals surface area contributed by atoms with E-state index in [1.165, 1.54) is 32.1 Å². The van der Waals surface area contributed by atoms with Crippen LogP contribution in [-0.2, 0) is 19.0 Å². The van der Waals surface area contributed by atoms with Gasteiger partial charge in [-0.05, 0) is 12.5 Å². The molecule has 6 nitrogen and oxygen atoms in total. The van der Waals surface area contributed by atoms with Crippen LogP contribution in [0.25, 0.3) is 0 Å². The van der Waals surface area contributed by atoms with Crippen molar-refractivity contribution in [2.45, 2.75) is 70.8 Å². The molecule has 0 rings (SSSR count). The molecule has 0 radical (unpaired) electrons. The number of hydrogen-bond donors (Lipinski definition) is 2. The minimum atomic E-state index is -1.03. The molecule has 0 saturated heterocycles. The number of carbonyl (C=O) groups is 1. The zero-order valence-electron chi connectivity index (χ0n) is 15.9. The molecule has 0 aliphatic carbocycles. The number of hydrogen-bond acceptors (Lipinski definition) is 5. The molecule has 148 valence electrons. The molecular weight excluding hydrogens is 324 g/mol. The molecule has 1 unspecified atom stereocenters. The highest BCUT2D eigenvalue weighted by Crippen LogP contribution is 2.13. The number of aliphatic carboxylic acids is 1.